The van der Waals surface area contributed by atoms with Crippen molar-refractivity contribution >= 4 is 5.91 Å². The van der Waals surface area contributed by atoms with E-state index >= 15 is 0 Å². The van der Waals surface area contributed by atoms with Gasteiger partial charge in [-0.3, -0.25) is 9.59 Å². The average molecular weight is 381 g/mol. The van der Waals surface area contributed by atoms with Gasteiger partial charge in [0.1, 0.15) is 12.1 Å². The molecule has 1 atom stereocenters. The summed E-state index contributed by atoms with van der Waals surface area (Å²) in [6.45, 7) is -0.150. The van der Waals surface area contributed by atoms with E-state index in [-0.39, 0.29) is 6.04 Å². The minimum absolute atomic E-state index is 0.00887. The Balaban J connectivity index is 2.00. The Morgan fingerprint density at radius 2 is 1.81 bits per heavy atom. The maximum Gasteiger partial charge on any atom is 0.421 e. The number of nitrogens with one attached hydrogen (secondary N) is 1. The van der Waals surface area contributed by atoms with Crippen molar-refractivity contribution in [2.24, 2.45) is 0 Å². The van der Waals surface area contributed by atoms with Crippen LogP contribution in [-0.2, 0) is 23.9 Å². The van der Waals surface area contributed by atoms with Gasteiger partial charge in [-0.15, -0.1) is 0 Å². The minimum atomic E-state index is -4.75. The fourth-order valence-electron chi connectivity index (χ4n) is 2.64. The molecular formula is C19H22F3N3O2. The third kappa shape index (κ3) is 5.96. The average Bonchev–Trinajstić information content (AvgIpc) is 2.60. The maximum absolute atomic E-state index is 12.8. The van der Waals surface area contributed by atoms with Gasteiger partial charge in [0.15, 0.2) is 0 Å². The molecule has 8 heteroatoms. The highest BCUT2D eigenvalue weighted by atomic mass is 19.4. The maximum atomic E-state index is 12.8. The molecule has 0 aliphatic carbocycles. The second kappa shape index (κ2) is 8.85. The Hall–Kier alpha value is -2.61. The summed E-state index contributed by atoms with van der Waals surface area (Å²) in [5.74, 6) is -0.517. The number of aromatic nitrogens is 1. The van der Waals surface area contributed by atoms with E-state index in [1.54, 1.807) is 0 Å². The number of hydrogen-bond donors (Lipinski definition) is 1. The van der Waals surface area contributed by atoms with Gasteiger partial charge in [-0.2, -0.15) is 13.2 Å². The summed E-state index contributed by atoms with van der Waals surface area (Å²) in [4.78, 5) is 26.0. The van der Waals surface area contributed by atoms with Crippen molar-refractivity contribution < 1.29 is 18.0 Å². The van der Waals surface area contributed by atoms with Gasteiger partial charge >= 0.3 is 6.18 Å². The number of carbonyl (C=O) groups excluding carboxylic acids is 1. The lowest BCUT2D eigenvalue weighted by molar-refractivity contribution is -0.139. The Kier molecular flexibility index (Phi) is 6.79. The SMILES string of the molecule is CN(C)C(CNC(=O)Cn1cccc(C(F)(F)F)c1=O)Cc1ccccc1. The molecule has 1 heterocycles. The van der Waals surface area contributed by atoms with Crippen LogP contribution in [0.4, 0.5) is 13.2 Å². The predicted octanol–water partition coefficient (Wildman–Crippen LogP) is 2.16. The fourth-order valence-corrected chi connectivity index (χ4v) is 2.64. The number of rotatable bonds is 7. The lowest BCUT2D eigenvalue weighted by Crippen LogP contribution is -2.43. The Morgan fingerprint density at radius 3 is 2.41 bits per heavy atom. The first kappa shape index (κ1) is 20.7. The molecule has 1 amide bonds. The quantitative estimate of drug-likeness (QED) is 0.800. The van der Waals surface area contributed by atoms with E-state index in [2.05, 4.69) is 5.32 Å². The lowest BCUT2D eigenvalue weighted by atomic mass is 10.1. The van der Waals surface area contributed by atoms with Crippen molar-refractivity contribution in [2.45, 2.75) is 25.2 Å². The zero-order valence-corrected chi connectivity index (χ0v) is 15.2. The first-order valence-corrected chi connectivity index (χ1v) is 8.42. The number of carbonyl (C=O) groups is 1. The molecule has 5 nitrogen and oxygen atoms in total. The second-order valence-electron chi connectivity index (χ2n) is 6.46. The smallest absolute Gasteiger partial charge is 0.353 e. The van der Waals surface area contributed by atoms with Crippen LogP contribution in [0.2, 0.25) is 0 Å². The van der Waals surface area contributed by atoms with Crippen molar-refractivity contribution in [2.75, 3.05) is 20.6 Å². The molecule has 1 N–H and O–H groups in total. The Labute approximate surface area is 155 Å². The van der Waals surface area contributed by atoms with E-state index < -0.39 is 29.8 Å². The molecule has 1 unspecified atom stereocenters. The number of halogens is 3. The van der Waals surface area contributed by atoms with Crippen LogP contribution in [0.15, 0.2) is 53.5 Å². The summed E-state index contributed by atoms with van der Waals surface area (Å²) in [7, 11) is 3.77. The second-order valence-corrected chi connectivity index (χ2v) is 6.46. The van der Waals surface area contributed by atoms with Crippen molar-refractivity contribution in [1.82, 2.24) is 14.8 Å². The fraction of sp³-hybridized carbons (Fsp3) is 0.368. The normalized spacial score (nSPS) is 12.8. The largest absolute Gasteiger partial charge is 0.421 e. The molecule has 0 saturated carbocycles. The van der Waals surface area contributed by atoms with Gasteiger partial charge in [0.05, 0.1) is 0 Å². The van der Waals surface area contributed by atoms with Crippen LogP contribution in [-0.4, -0.2) is 42.1 Å². The summed E-state index contributed by atoms with van der Waals surface area (Å²) < 4.78 is 39.2. The van der Waals surface area contributed by atoms with Crippen molar-refractivity contribution in [3.63, 3.8) is 0 Å². The van der Waals surface area contributed by atoms with Gasteiger partial charge in [0, 0.05) is 18.8 Å². The molecule has 0 bridgehead atoms. The third-order valence-corrected chi connectivity index (χ3v) is 4.22. The highest BCUT2D eigenvalue weighted by Crippen LogP contribution is 2.25. The van der Waals surface area contributed by atoms with Crippen LogP contribution in [0.3, 0.4) is 0 Å². The molecule has 1 aromatic heterocycles. The number of amides is 1. The third-order valence-electron chi connectivity index (χ3n) is 4.22. The van der Waals surface area contributed by atoms with E-state index in [0.29, 0.717) is 19.0 Å². The van der Waals surface area contributed by atoms with Crippen LogP contribution < -0.4 is 10.9 Å². The van der Waals surface area contributed by atoms with Gasteiger partial charge in [-0.05, 0) is 38.2 Å². The summed E-state index contributed by atoms with van der Waals surface area (Å²) in [5, 5.41) is 2.70. The Bertz CT molecular complexity index is 817. The van der Waals surface area contributed by atoms with Crippen molar-refractivity contribution in [1.29, 1.82) is 0 Å². The molecule has 1 aromatic carbocycles. The lowest BCUT2D eigenvalue weighted by Gasteiger charge is -2.25. The van der Waals surface area contributed by atoms with Gasteiger partial charge in [0.25, 0.3) is 5.56 Å². The number of pyridine rings is 1. The topological polar surface area (TPSA) is 54.3 Å². The highest BCUT2D eigenvalue weighted by molar-refractivity contribution is 5.75. The molecular weight excluding hydrogens is 359 g/mol. The number of likely N-dealkylation sites (N-methyl/N-ethyl adjacent to an activating group) is 1. The molecule has 0 radical (unpaired) electrons. The van der Waals surface area contributed by atoms with Crippen LogP contribution in [0.5, 0.6) is 0 Å². The molecule has 2 rings (SSSR count). The van der Waals surface area contributed by atoms with Gasteiger partial charge in [0.2, 0.25) is 5.91 Å². The number of benzene rings is 1. The summed E-state index contributed by atoms with van der Waals surface area (Å²) in [6, 6.07) is 11.6. The molecule has 27 heavy (non-hydrogen) atoms. The highest BCUT2D eigenvalue weighted by Gasteiger charge is 2.34. The van der Waals surface area contributed by atoms with E-state index in [0.717, 1.165) is 16.2 Å². The van der Waals surface area contributed by atoms with Gasteiger partial charge in [-0.1, -0.05) is 30.3 Å². The van der Waals surface area contributed by atoms with E-state index in [4.69, 9.17) is 0 Å². The zero-order chi connectivity index (χ0) is 20.0. The van der Waals surface area contributed by atoms with Gasteiger partial charge in [-0.25, -0.2) is 0 Å². The summed E-state index contributed by atoms with van der Waals surface area (Å²) in [5.41, 5.74) is -1.40. The van der Waals surface area contributed by atoms with E-state index in [1.807, 2.05) is 49.3 Å². The van der Waals surface area contributed by atoms with Crippen molar-refractivity contribution in [3.8, 4) is 0 Å². The van der Waals surface area contributed by atoms with Crippen LogP contribution in [0.1, 0.15) is 11.1 Å². The molecule has 0 saturated heterocycles. The molecule has 0 aliphatic rings. The van der Waals surface area contributed by atoms with E-state index in [1.165, 1.54) is 6.20 Å². The Morgan fingerprint density at radius 1 is 1.15 bits per heavy atom. The van der Waals surface area contributed by atoms with Gasteiger partial charge < -0.3 is 14.8 Å². The molecule has 2 aromatic rings. The molecule has 146 valence electrons. The van der Waals surface area contributed by atoms with Crippen LogP contribution >= 0.6 is 0 Å². The van der Waals surface area contributed by atoms with Crippen LogP contribution in [0, 0.1) is 0 Å². The number of alkyl halides is 3. The minimum Gasteiger partial charge on any atom is -0.353 e. The first-order valence-electron chi connectivity index (χ1n) is 8.42. The van der Waals surface area contributed by atoms with Crippen LogP contribution in [0.25, 0.3) is 0 Å². The first-order chi connectivity index (χ1) is 12.7. The standard InChI is InChI=1S/C19H22F3N3O2/c1-24(2)15(11-14-7-4-3-5-8-14)12-23-17(26)13-25-10-6-9-16(18(25)27)19(20,21)22/h3-10,15H,11-13H2,1-2H3,(H,23,26). The summed E-state index contributed by atoms with van der Waals surface area (Å²) >= 11 is 0. The van der Waals surface area contributed by atoms with Crippen molar-refractivity contribution in [3.05, 3.63) is 70.1 Å². The monoisotopic (exact) mass is 381 g/mol. The molecule has 0 spiro atoms. The van der Waals surface area contributed by atoms with E-state index in [9.17, 15) is 22.8 Å². The summed E-state index contributed by atoms with van der Waals surface area (Å²) in [6.07, 6.45) is -2.87. The number of hydrogen-bond acceptors (Lipinski definition) is 3. The molecule has 0 aliphatic heterocycles. The molecule has 0 fully saturated rings. The number of nitrogens with zero attached hydrogens (tertiary/aromatic N) is 2. The zero-order valence-electron chi connectivity index (χ0n) is 15.2. The predicted molar refractivity (Wildman–Crippen MR) is 96.3 cm³/mol.